The summed E-state index contributed by atoms with van der Waals surface area (Å²) in [4.78, 5) is 30.2. The minimum Gasteiger partial charge on any atom is -0.298 e. The molecule has 3 aromatic carbocycles. The van der Waals surface area contributed by atoms with Gasteiger partial charge in [0.15, 0.2) is 11.2 Å². The van der Waals surface area contributed by atoms with Crippen LogP contribution in [0.5, 0.6) is 0 Å². The Bertz CT molecular complexity index is 1690. The van der Waals surface area contributed by atoms with Crippen molar-refractivity contribution >= 4 is 45.7 Å². The maximum absolute atomic E-state index is 13.1. The molecule has 0 saturated carbocycles. The molecular weight excluding hydrogens is 452 g/mol. The summed E-state index contributed by atoms with van der Waals surface area (Å²) >= 11 is 6.22. The first kappa shape index (κ1) is 21.7. The summed E-state index contributed by atoms with van der Waals surface area (Å²) in [6, 6.07) is 21.4. The average molecular weight is 473 g/mol. The average Bonchev–Trinajstić information content (AvgIpc) is 3.21. The van der Waals surface area contributed by atoms with Gasteiger partial charge in [-0.2, -0.15) is 10.1 Å². The molecule has 0 bridgehead atoms. The molecule has 34 heavy (non-hydrogen) atoms. The number of halogens is 1. The lowest BCUT2D eigenvalue weighted by atomic mass is 10.0. The van der Waals surface area contributed by atoms with Gasteiger partial charge < -0.3 is 0 Å². The number of fused-ring (bicyclic) bond motifs is 2. The van der Waals surface area contributed by atoms with Gasteiger partial charge >= 0.3 is 5.69 Å². The van der Waals surface area contributed by atoms with E-state index in [2.05, 4.69) is 15.5 Å². The van der Waals surface area contributed by atoms with Gasteiger partial charge in [0.1, 0.15) is 0 Å². The van der Waals surface area contributed by atoms with Crippen molar-refractivity contribution in [1.82, 2.24) is 18.7 Å². The van der Waals surface area contributed by atoms with Gasteiger partial charge in [-0.05, 0) is 22.4 Å². The molecular formula is C25H21ClN6O2. The lowest BCUT2D eigenvalue weighted by molar-refractivity contribution is 0.703. The van der Waals surface area contributed by atoms with Gasteiger partial charge in [0.05, 0.1) is 12.8 Å². The molecule has 0 fully saturated rings. The predicted octanol–water partition coefficient (Wildman–Crippen LogP) is 3.73. The summed E-state index contributed by atoms with van der Waals surface area (Å²) in [7, 11) is 3.05. The van der Waals surface area contributed by atoms with Gasteiger partial charge in [0.2, 0.25) is 5.95 Å². The fraction of sp³-hybridized carbons (Fsp3) is 0.120. The molecule has 2 aromatic heterocycles. The van der Waals surface area contributed by atoms with Crippen molar-refractivity contribution in [2.75, 3.05) is 5.43 Å². The molecule has 2 heterocycles. The van der Waals surface area contributed by atoms with E-state index in [0.717, 1.165) is 26.5 Å². The Labute approximate surface area is 199 Å². The van der Waals surface area contributed by atoms with Crippen LogP contribution in [0.3, 0.4) is 0 Å². The number of nitrogens with one attached hydrogen (secondary N) is 1. The monoisotopic (exact) mass is 472 g/mol. The van der Waals surface area contributed by atoms with Crippen LogP contribution in [0.15, 0.2) is 81.4 Å². The molecule has 0 saturated heterocycles. The molecule has 0 radical (unpaired) electrons. The van der Waals surface area contributed by atoms with Gasteiger partial charge in [0.25, 0.3) is 5.56 Å². The van der Waals surface area contributed by atoms with Crippen molar-refractivity contribution in [3.8, 4) is 0 Å². The van der Waals surface area contributed by atoms with Gasteiger partial charge in [-0.25, -0.2) is 10.2 Å². The van der Waals surface area contributed by atoms with Gasteiger partial charge in [-0.1, -0.05) is 72.3 Å². The van der Waals surface area contributed by atoms with Crippen LogP contribution in [0, 0.1) is 0 Å². The zero-order valence-electron chi connectivity index (χ0n) is 18.6. The van der Waals surface area contributed by atoms with Crippen molar-refractivity contribution in [2.24, 2.45) is 19.2 Å². The van der Waals surface area contributed by atoms with E-state index in [1.54, 1.807) is 23.9 Å². The summed E-state index contributed by atoms with van der Waals surface area (Å²) in [5, 5.41) is 7.02. The Hall–Kier alpha value is -4.17. The van der Waals surface area contributed by atoms with Crippen LogP contribution >= 0.6 is 11.6 Å². The molecule has 0 aliphatic heterocycles. The third kappa shape index (κ3) is 3.68. The second-order valence-electron chi connectivity index (χ2n) is 7.93. The minimum atomic E-state index is -0.446. The Kier molecular flexibility index (Phi) is 5.51. The Morgan fingerprint density at radius 2 is 1.71 bits per heavy atom. The molecule has 9 heteroatoms. The molecule has 0 aliphatic carbocycles. The van der Waals surface area contributed by atoms with Crippen molar-refractivity contribution in [2.45, 2.75) is 6.54 Å². The highest BCUT2D eigenvalue weighted by atomic mass is 35.5. The highest BCUT2D eigenvalue weighted by molar-refractivity contribution is 6.33. The van der Waals surface area contributed by atoms with E-state index < -0.39 is 11.2 Å². The molecule has 0 spiro atoms. The quantitative estimate of drug-likeness (QED) is 0.312. The number of aryl methyl sites for hydroxylation is 1. The fourth-order valence-electron chi connectivity index (χ4n) is 4.03. The van der Waals surface area contributed by atoms with Gasteiger partial charge in [-0.3, -0.25) is 18.5 Å². The number of hydrogen-bond acceptors (Lipinski definition) is 5. The number of rotatable bonds is 5. The van der Waals surface area contributed by atoms with Crippen molar-refractivity contribution in [3.05, 3.63) is 104 Å². The van der Waals surface area contributed by atoms with Crippen molar-refractivity contribution < 1.29 is 0 Å². The number of benzene rings is 3. The van der Waals surface area contributed by atoms with Crippen LogP contribution in [0.1, 0.15) is 11.1 Å². The number of hydrazone groups is 1. The zero-order chi connectivity index (χ0) is 23.8. The van der Waals surface area contributed by atoms with Gasteiger partial charge in [-0.15, -0.1) is 0 Å². The van der Waals surface area contributed by atoms with E-state index in [0.29, 0.717) is 23.0 Å². The van der Waals surface area contributed by atoms with Crippen LogP contribution in [0.4, 0.5) is 5.95 Å². The third-order valence-corrected chi connectivity index (χ3v) is 6.17. The minimum absolute atomic E-state index is 0.281. The zero-order valence-corrected chi connectivity index (χ0v) is 19.3. The van der Waals surface area contributed by atoms with Crippen molar-refractivity contribution in [3.63, 3.8) is 0 Å². The highest BCUT2D eigenvalue weighted by Crippen LogP contribution is 2.23. The normalized spacial score (nSPS) is 11.6. The summed E-state index contributed by atoms with van der Waals surface area (Å²) in [6.45, 7) is 0.356. The van der Waals surface area contributed by atoms with Crippen LogP contribution in [0.25, 0.3) is 21.9 Å². The second kappa shape index (κ2) is 8.64. The molecule has 170 valence electrons. The fourth-order valence-corrected chi connectivity index (χ4v) is 4.21. The molecule has 0 aliphatic rings. The lowest BCUT2D eigenvalue weighted by Crippen LogP contribution is -2.37. The first-order chi connectivity index (χ1) is 16.5. The largest absolute Gasteiger partial charge is 0.332 e. The highest BCUT2D eigenvalue weighted by Gasteiger charge is 2.19. The van der Waals surface area contributed by atoms with E-state index in [1.807, 2.05) is 60.7 Å². The van der Waals surface area contributed by atoms with E-state index in [9.17, 15) is 9.59 Å². The molecule has 0 unspecified atom stereocenters. The van der Waals surface area contributed by atoms with E-state index >= 15 is 0 Å². The predicted molar refractivity (Wildman–Crippen MR) is 136 cm³/mol. The maximum Gasteiger partial charge on any atom is 0.332 e. The van der Waals surface area contributed by atoms with Crippen LogP contribution in [-0.2, 0) is 20.6 Å². The van der Waals surface area contributed by atoms with E-state index in [-0.39, 0.29) is 5.65 Å². The SMILES string of the molecule is Cn1c(=O)c2c(nc(N/N=C/c3ccccc3Cl)n2Cc2cccc3ccccc23)n(C)c1=O. The molecule has 0 amide bonds. The van der Waals surface area contributed by atoms with E-state index in [1.165, 1.54) is 11.6 Å². The Morgan fingerprint density at radius 3 is 2.53 bits per heavy atom. The molecule has 1 N–H and O–H groups in total. The number of aromatic nitrogens is 4. The topological polar surface area (TPSA) is 86.2 Å². The number of anilines is 1. The van der Waals surface area contributed by atoms with Crippen molar-refractivity contribution in [1.29, 1.82) is 0 Å². The van der Waals surface area contributed by atoms with Crippen LogP contribution < -0.4 is 16.7 Å². The standard InChI is InChI=1S/C25H21ClN6O2/c1-30-22-21(23(33)31(2)25(30)34)32(15-18-11-7-10-16-8-3-5-12-19(16)18)24(28-22)29-27-14-17-9-4-6-13-20(17)26/h3-14H,15H2,1-2H3,(H,28,29)/b27-14+. The molecule has 5 aromatic rings. The maximum atomic E-state index is 13.1. The molecule has 8 nitrogen and oxygen atoms in total. The third-order valence-electron chi connectivity index (χ3n) is 5.83. The number of nitrogens with zero attached hydrogens (tertiary/aromatic N) is 5. The van der Waals surface area contributed by atoms with Gasteiger partial charge in [0, 0.05) is 24.7 Å². The summed E-state index contributed by atoms with van der Waals surface area (Å²) in [6.07, 6.45) is 1.58. The first-order valence-electron chi connectivity index (χ1n) is 10.6. The summed E-state index contributed by atoms with van der Waals surface area (Å²) in [5.41, 5.74) is 4.40. The molecule has 5 rings (SSSR count). The summed E-state index contributed by atoms with van der Waals surface area (Å²) in [5.74, 6) is 0.338. The smallest absolute Gasteiger partial charge is 0.298 e. The Balaban J connectivity index is 1.67. The van der Waals surface area contributed by atoms with Crippen LogP contribution in [-0.4, -0.2) is 24.9 Å². The van der Waals surface area contributed by atoms with E-state index in [4.69, 9.17) is 11.6 Å². The Morgan fingerprint density at radius 1 is 0.971 bits per heavy atom. The number of imidazole rings is 1. The lowest BCUT2D eigenvalue weighted by Gasteiger charge is -2.11. The summed E-state index contributed by atoms with van der Waals surface area (Å²) < 4.78 is 4.20. The number of hydrogen-bond donors (Lipinski definition) is 1. The first-order valence-corrected chi connectivity index (χ1v) is 11.0. The second-order valence-corrected chi connectivity index (χ2v) is 8.34. The molecule has 0 atom stereocenters. The van der Waals surface area contributed by atoms with Crippen LogP contribution in [0.2, 0.25) is 5.02 Å².